The normalized spacial score (nSPS) is 10.5. The van der Waals surface area contributed by atoms with E-state index in [9.17, 15) is 4.79 Å². The number of hydrogen-bond acceptors (Lipinski definition) is 6. The quantitative estimate of drug-likeness (QED) is 0.639. The van der Waals surface area contributed by atoms with Gasteiger partial charge in [0.2, 0.25) is 0 Å². The Labute approximate surface area is 154 Å². The molecule has 0 spiro atoms. The fraction of sp³-hybridized carbons (Fsp3) is 0.167. The number of nitrogens with zero attached hydrogens (tertiary/aromatic N) is 3. The molecule has 0 aliphatic rings. The lowest BCUT2D eigenvalue weighted by Gasteiger charge is -2.11. The van der Waals surface area contributed by atoms with E-state index in [1.165, 1.54) is 0 Å². The number of carboxylic acid groups (broad SMARTS) is 1. The van der Waals surface area contributed by atoms with Gasteiger partial charge >= 0.3 is 5.97 Å². The van der Waals surface area contributed by atoms with E-state index in [1.54, 1.807) is 14.2 Å². The van der Waals surface area contributed by atoms with Crippen LogP contribution in [0.1, 0.15) is 0 Å². The van der Waals surface area contributed by atoms with E-state index in [0.717, 1.165) is 28.8 Å². The SMILES string of the molecule is COc1ccc(-n2c(SCC(=O)O)nnc2-c2cccc(OC)c2)cc1. The molecule has 134 valence electrons. The molecule has 0 amide bonds. The Morgan fingerprint density at radius 2 is 1.81 bits per heavy atom. The van der Waals surface area contributed by atoms with E-state index in [-0.39, 0.29) is 5.75 Å². The van der Waals surface area contributed by atoms with Gasteiger partial charge < -0.3 is 14.6 Å². The van der Waals surface area contributed by atoms with E-state index in [1.807, 2.05) is 53.1 Å². The molecular formula is C18H17N3O4S. The Balaban J connectivity index is 2.09. The Morgan fingerprint density at radius 3 is 2.46 bits per heavy atom. The molecular weight excluding hydrogens is 354 g/mol. The van der Waals surface area contributed by atoms with Gasteiger partial charge in [0.1, 0.15) is 11.5 Å². The minimum absolute atomic E-state index is 0.105. The molecule has 3 aromatic rings. The van der Waals surface area contributed by atoms with Gasteiger partial charge in [0.15, 0.2) is 11.0 Å². The molecule has 0 atom stereocenters. The van der Waals surface area contributed by atoms with Crippen LogP contribution >= 0.6 is 11.8 Å². The van der Waals surface area contributed by atoms with Crippen LogP contribution < -0.4 is 9.47 Å². The first-order valence-electron chi connectivity index (χ1n) is 7.71. The van der Waals surface area contributed by atoms with Gasteiger partial charge in [0.05, 0.1) is 20.0 Å². The first-order chi connectivity index (χ1) is 12.6. The number of benzene rings is 2. The van der Waals surface area contributed by atoms with E-state index in [4.69, 9.17) is 14.6 Å². The van der Waals surface area contributed by atoms with Crippen molar-refractivity contribution >= 4 is 17.7 Å². The van der Waals surface area contributed by atoms with Crippen LogP contribution in [0.15, 0.2) is 53.7 Å². The molecule has 0 unspecified atom stereocenters. The summed E-state index contributed by atoms with van der Waals surface area (Å²) in [6, 6.07) is 14.9. The van der Waals surface area contributed by atoms with Crippen LogP contribution in [0.2, 0.25) is 0 Å². The standard InChI is InChI=1S/C18H17N3O4S/c1-24-14-8-6-13(7-9-14)21-17(12-4-3-5-15(10-12)25-2)19-20-18(21)26-11-16(22)23/h3-10H,11H2,1-2H3,(H,22,23). The maximum atomic E-state index is 11.0. The fourth-order valence-corrected chi connectivity index (χ4v) is 3.07. The van der Waals surface area contributed by atoms with Gasteiger partial charge in [0, 0.05) is 11.3 Å². The van der Waals surface area contributed by atoms with Crippen molar-refractivity contribution in [1.29, 1.82) is 0 Å². The highest BCUT2D eigenvalue weighted by molar-refractivity contribution is 7.99. The van der Waals surface area contributed by atoms with Gasteiger partial charge in [-0.1, -0.05) is 23.9 Å². The number of carbonyl (C=O) groups is 1. The van der Waals surface area contributed by atoms with Gasteiger partial charge in [0.25, 0.3) is 0 Å². The maximum absolute atomic E-state index is 11.0. The molecule has 0 radical (unpaired) electrons. The number of rotatable bonds is 7. The van der Waals surface area contributed by atoms with Crippen LogP contribution in [0, 0.1) is 0 Å². The molecule has 8 heteroatoms. The molecule has 26 heavy (non-hydrogen) atoms. The lowest BCUT2D eigenvalue weighted by molar-refractivity contribution is -0.133. The molecule has 0 bridgehead atoms. The predicted molar refractivity (Wildman–Crippen MR) is 98.3 cm³/mol. The molecule has 0 fully saturated rings. The zero-order valence-electron chi connectivity index (χ0n) is 14.2. The highest BCUT2D eigenvalue weighted by Crippen LogP contribution is 2.30. The zero-order chi connectivity index (χ0) is 18.5. The lowest BCUT2D eigenvalue weighted by atomic mass is 10.2. The summed E-state index contributed by atoms with van der Waals surface area (Å²) >= 11 is 1.11. The summed E-state index contributed by atoms with van der Waals surface area (Å²) in [7, 11) is 3.20. The first-order valence-corrected chi connectivity index (χ1v) is 8.70. The molecule has 0 saturated heterocycles. The molecule has 1 aromatic heterocycles. The Hall–Kier alpha value is -3.00. The third-order valence-electron chi connectivity index (χ3n) is 3.62. The third-order valence-corrected chi connectivity index (χ3v) is 4.53. The summed E-state index contributed by atoms with van der Waals surface area (Å²) in [6.07, 6.45) is 0. The average Bonchev–Trinajstić information content (AvgIpc) is 3.10. The van der Waals surface area contributed by atoms with Crippen molar-refractivity contribution in [2.75, 3.05) is 20.0 Å². The molecule has 0 aliphatic carbocycles. The molecule has 1 N–H and O–H groups in total. The van der Waals surface area contributed by atoms with Gasteiger partial charge in [-0.3, -0.25) is 9.36 Å². The van der Waals surface area contributed by atoms with Crippen LogP contribution in [0.25, 0.3) is 17.1 Å². The number of aromatic nitrogens is 3. The van der Waals surface area contributed by atoms with E-state index in [2.05, 4.69) is 10.2 Å². The first kappa shape index (κ1) is 17.8. The Bertz CT molecular complexity index is 909. The van der Waals surface area contributed by atoms with Gasteiger partial charge in [-0.2, -0.15) is 0 Å². The number of aliphatic carboxylic acids is 1. The van der Waals surface area contributed by atoms with Crippen molar-refractivity contribution in [3.63, 3.8) is 0 Å². The van der Waals surface area contributed by atoms with E-state index >= 15 is 0 Å². The number of hydrogen-bond donors (Lipinski definition) is 1. The highest BCUT2D eigenvalue weighted by Gasteiger charge is 2.17. The second-order valence-corrected chi connectivity index (χ2v) is 6.20. The second kappa shape index (κ2) is 7.92. The largest absolute Gasteiger partial charge is 0.497 e. The van der Waals surface area contributed by atoms with Crippen molar-refractivity contribution in [2.24, 2.45) is 0 Å². The van der Waals surface area contributed by atoms with Crippen LogP contribution in [-0.4, -0.2) is 45.8 Å². The van der Waals surface area contributed by atoms with Crippen LogP contribution in [0.3, 0.4) is 0 Å². The van der Waals surface area contributed by atoms with Gasteiger partial charge in [-0.15, -0.1) is 10.2 Å². The van der Waals surface area contributed by atoms with Crippen molar-refractivity contribution in [3.8, 4) is 28.6 Å². The Kier molecular flexibility index (Phi) is 5.43. The molecule has 1 heterocycles. The van der Waals surface area contributed by atoms with Gasteiger partial charge in [-0.25, -0.2) is 0 Å². The van der Waals surface area contributed by atoms with Crippen LogP contribution in [-0.2, 0) is 4.79 Å². The molecule has 7 nitrogen and oxygen atoms in total. The summed E-state index contributed by atoms with van der Waals surface area (Å²) in [4.78, 5) is 11.0. The van der Waals surface area contributed by atoms with Crippen molar-refractivity contribution in [3.05, 3.63) is 48.5 Å². The maximum Gasteiger partial charge on any atom is 0.313 e. The topological polar surface area (TPSA) is 86.5 Å². The lowest BCUT2D eigenvalue weighted by Crippen LogP contribution is -2.03. The van der Waals surface area contributed by atoms with Gasteiger partial charge in [-0.05, 0) is 36.4 Å². The summed E-state index contributed by atoms with van der Waals surface area (Å²) in [5.41, 5.74) is 1.62. The predicted octanol–water partition coefficient (Wildman–Crippen LogP) is 3.13. The fourth-order valence-electron chi connectivity index (χ4n) is 2.40. The smallest absolute Gasteiger partial charge is 0.313 e. The summed E-state index contributed by atoms with van der Waals surface area (Å²) < 4.78 is 12.3. The minimum Gasteiger partial charge on any atom is -0.497 e. The van der Waals surface area contributed by atoms with E-state index in [0.29, 0.717) is 16.7 Å². The summed E-state index contributed by atoms with van der Waals surface area (Å²) in [6.45, 7) is 0. The van der Waals surface area contributed by atoms with Crippen molar-refractivity contribution in [1.82, 2.24) is 14.8 Å². The third kappa shape index (κ3) is 3.80. The highest BCUT2D eigenvalue weighted by atomic mass is 32.2. The van der Waals surface area contributed by atoms with Crippen LogP contribution in [0.4, 0.5) is 0 Å². The monoisotopic (exact) mass is 371 g/mol. The molecule has 0 aliphatic heterocycles. The summed E-state index contributed by atoms with van der Waals surface area (Å²) in [5.74, 6) is 1.01. The minimum atomic E-state index is -0.915. The van der Waals surface area contributed by atoms with Crippen molar-refractivity contribution < 1.29 is 19.4 Å². The molecule has 2 aromatic carbocycles. The van der Waals surface area contributed by atoms with Crippen molar-refractivity contribution in [2.45, 2.75) is 5.16 Å². The summed E-state index contributed by atoms with van der Waals surface area (Å²) in [5, 5.41) is 17.9. The average molecular weight is 371 g/mol. The van der Waals surface area contributed by atoms with Crippen LogP contribution in [0.5, 0.6) is 11.5 Å². The number of methoxy groups -OCH3 is 2. The Morgan fingerprint density at radius 1 is 1.08 bits per heavy atom. The second-order valence-electron chi connectivity index (χ2n) is 5.25. The molecule has 3 rings (SSSR count). The zero-order valence-corrected chi connectivity index (χ0v) is 15.1. The molecule has 0 saturated carbocycles. The van der Waals surface area contributed by atoms with E-state index < -0.39 is 5.97 Å². The number of ether oxygens (including phenoxy) is 2. The number of thioether (sulfide) groups is 1. The number of carboxylic acids is 1.